The number of carbonyl (C=O) groups excluding carboxylic acids is 1. The molecule has 1 atom stereocenters. The Balaban J connectivity index is 2.71. The van der Waals surface area contributed by atoms with E-state index in [1.807, 2.05) is 0 Å². The quantitative estimate of drug-likeness (QED) is 0.876. The molecular formula is C15H20FNO4. The van der Waals surface area contributed by atoms with Crippen LogP contribution in [0.4, 0.5) is 9.18 Å². The van der Waals surface area contributed by atoms with Crippen molar-refractivity contribution in [1.82, 2.24) is 5.32 Å². The standard InChI is InChI=1S/C15H20FNO4/c1-15(2,3)21-14(20)17-9-11(8-13(18)19)10-5-4-6-12(16)7-10/h4-7,11H,8-9H2,1-3H3,(H,17,20)(H,18,19). The summed E-state index contributed by atoms with van der Waals surface area (Å²) in [5, 5.41) is 11.4. The highest BCUT2D eigenvalue weighted by Crippen LogP contribution is 2.20. The average molecular weight is 297 g/mol. The molecule has 1 unspecified atom stereocenters. The van der Waals surface area contributed by atoms with Gasteiger partial charge in [0.05, 0.1) is 6.42 Å². The highest BCUT2D eigenvalue weighted by molar-refractivity contribution is 5.69. The SMILES string of the molecule is CC(C)(C)OC(=O)NCC(CC(=O)O)c1cccc(F)c1. The van der Waals surface area contributed by atoms with Crippen molar-refractivity contribution in [2.24, 2.45) is 0 Å². The van der Waals surface area contributed by atoms with Crippen LogP contribution in [0.5, 0.6) is 0 Å². The van der Waals surface area contributed by atoms with E-state index in [0.29, 0.717) is 5.56 Å². The van der Waals surface area contributed by atoms with Crippen LogP contribution in [-0.4, -0.2) is 29.3 Å². The first-order valence-electron chi connectivity index (χ1n) is 6.61. The summed E-state index contributed by atoms with van der Waals surface area (Å²) < 4.78 is 18.3. The van der Waals surface area contributed by atoms with Gasteiger partial charge < -0.3 is 15.2 Å². The maximum atomic E-state index is 13.2. The Labute approximate surface area is 123 Å². The normalized spacial score (nSPS) is 12.6. The molecular weight excluding hydrogens is 277 g/mol. The van der Waals surface area contributed by atoms with Gasteiger partial charge in [-0.25, -0.2) is 9.18 Å². The number of carboxylic acid groups (broad SMARTS) is 1. The molecule has 0 saturated heterocycles. The number of hydrogen-bond acceptors (Lipinski definition) is 3. The summed E-state index contributed by atoms with van der Waals surface area (Å²) in [5.41, 5.74) is -0.112. The number of nitrogens with one attached hydrogen (secondary N) is 1. The molecule has 0 radical (unpaired) electrons. The summed E-state index contributed by atoms with van der Waals surface area (Å²) in [4.78, 5) is 22.5. The number of hydrogen-bond donors (Lipinski definition) is 2. The van der Waals surface area contributed by atoms with E-state index in [2.05, 4.69) is 5.32 Å². The van der Waals surface area contributed by atoms with Crippen LogP contribution >= 0.6 is 0 Å². The molecule has 0 spiro atoms. The maximum absolute atomic E-state index is 13.2. The molecule has 0 saturated carbocycles. The van der Waals surface area contributed by atoms with E-state index in [1.54, 1.807) is 26.8 Å². The number of alkyl carbamates (subject to hydrolysis) is 1. The van der Waals surface area contributed by atoms with Crippen LogP contribution in [0.2, 0.25) is 0 Å². The number of benzene rings is 1. The van der Waals surface area contributed by atoms with Gasteiger partial charge in [-0.2, -0.15) is 0 Å². The van der Waals surface area contributed by atoms with Gasteiger partial charge in [0.2, 0.25) is 0 Å². The lowest BCUT2D eigenvalue weighted by Crippen LogP contribution is -2.35. The van der Waals surface area contributed by atoms with Gasteiger partial charge in [-0.1, -0.05) is 12.1 Å². The van der Waals surface area contributed by atoms with Crippen LogP contribution in [0.3, 0.4) is 0 Å². The van der Waals surface area contributed by atoms with Gasteiger partial charge in [-0.3, -0.25) is 4.79 Å². The van der Waals surface area contributed by atoms with Crippen LogP contribution in [-0.2, 0) is 9.53 Å². The Bertz CT molecular complexity index is 511. The molecule has 1 aromatic carbocycles. The number of amides is 1. The second-order valence-electron chi connectivity index (χ2n) is 5.73. The summed E-state index contributed by atoms with van der Waals surface area (Å²) in [6, 6.07) is 5.69. The minimum Gasteiger partial charge on any atom is -0.481 e. The fourth-order valence-electron chi connectivity index (χ4n) is 1.80. The van der Waals surface area contributed by atoms with E-state index >= 15 is 0 Å². The van der Waals surface area contributed by atoms with E-state index in [1.165, 1.54) is 18.2 Å². The lowest BCUT2D eigenvalue weighted by Gasteiger charge is -2.21. The third-order valence-electron chi connectivity index (χ3n) is 2.63. The fraction of sp³-hybridized carbons (Fsp3) is 0.467. The molecule has 0 aromatic heterocycles. The van der Waals surface area contributed by atoms with E-state index in [4.69, 9.17) is 9.84 Å². The molecule has 0 heterocycles. The van der Waals surface area contributed by atoms with Crippen LogP contribution < -0.4 is 5.32 Å². The Kier molecular flexibility index (Phi) is 5.69. The number of carboxylic acids is 1. The fourth-order valence-corrected chi connectivity index (χ4v) is 1.80. The molecule has 1 amide bonds. The summed E-state index contributed by atoms with van der Waals surface area (Å²) in [6.07, 6.45) is -0.839. The Morgan fingerprint density at radius 3 is 2.57 bits per heavy atom. The second-order valence-corrected chi connectivity index (χ2v) is 5.73. The number of ether oxygens (including phenoxy) is 1. The van der Waals surface area contributed by atoms with Crippen molar-refractivity contribution < 1.29 is 23.8 Å². The van der Waals surface area contributed by atoms with Crippen molar-refractivity contribution in [1.29, 1.82) is 0 Å². The van der Waals surface area contributed by atoms with Crippen molar-refractivity contribution in [3.05, 3.63) is 35.6 Å². The van der Waals surface area contributed by atoms with Gasteiger partial charge in [0, 0.05) is 12.5 Å². The average Bonchev–Trinajstić information content (AvgIpc) is 2.31. The maximum Gasteiger partial charge on any atom is 0.407 e. The second kappa shape index (κ2) is 7.06. The van der Waals surface area contributed by atoms with Gasteiger partial charge in [0.1, 0.15) is 11.4 Å². The molecule has 5 nitrogen and oxygen atoms in total. The lowest BCUT2D eigenvalue weighted by atomic mass is 9.95. The first-order chi connectivity index (χ1) is 9.67. The lowest BCUT2D eigenvalue weighted by molar-refractivity contribution is -0.137. The summed E-state index contributed by atoms with van der Waals surface area (Å²) in [5.74, 6) is -1.99. The minimum absolute atomic E-state index is 0.0602. The molecule has 0 aliphatic carbocycles. The summed E-state index contributed by atoms with van der Waals surface area (Å²) in [6.45, 7) is 5.25. The predicted octanol–water partition coefficient (Wildman–Crippen LogP) is 2.91. The Hall–Kier alpha value is -2.11. The molecule has 0 bridgehead atoms. The van der Waals surface area contributed by atoms with E-state index in [9.17, 15) is 14.0 Å². The monoisotopic (exact) mass is 297 g/mol. The Morgan fingerprint density at radius 2 is 2.05 bits per heavy atom. The molecule has 21 heavy (non-hydrogen) atoms. The highest BCUT2D eigenvalue weighted by atomic mass is 19.1. The van der Waals surface area contributed by atoms with E-state index in [-0.39, 0.29) is 13.0 Å². The number of halogens is 1. The first-order valence-corrected chi connectivity index (χ1v) is 6.61. The van der Waals surface area contributed by atoms with Gasteiger partial charge in [0.25, 0.3) is 0 Å². The number of rotatable bonds is 5. The molecule has 116 valence electrons. The largest absolute Gasteiger partial charge is 0.481 e. The van der Waals surface area contributed by atoms with Gasteiger partial charge in [-0.05, 0) is 38.5 Å². The molecule has 0 aliphatic heterocycles. The first kappa shape index (κ1) is 16.9. The third kappa shape index (κ3) is 6.74. The number of aliphatic carboxylic acids is 1. The molecule has 0 aliphatic rings. The topological polar surface area (TPSA) is 75.6 Å². The zero-order valence-corrected chi connectivity index (χ0v) is 12.4. The highest BCUT2D eigenvalue weighted by Gasteiger charge is 2.20. The van der Waals surface area contributed by atoms with Gasteiger partial charge in [-0.15, -0.1) is 0 Å². The predicted molar refractivity (Wildman–Crippen MR) is 75.6 cm³/mol. The molecule has 2 N–H and O–H groups in total. The summed E-state index contributed by atoms with van der Waals surface area (Å²) in [7, 11) is 0. The molecule has 6 heteroatoms. The van der Waals surface area contributed by atoms with Gasteiger partial charge >= 0.3 is 12.1 Å². The zero-order chi connectivity index (χ0) is 16.0. The van der Waals surface area contributed by atoms with Crippen LogP contribution in [0.15, 0.2) is 24.3 Å². The van der Waals surface area contributed by atoms with Crippen molar-refractivity contribution in [3.8, 4) is 0 Å². The van der Waals surface area contributed by atoms with Crippen molar-refractivity contribution in [3.63, 3.8) is 0 Å². The van der Waals surface area contributed by atoms with Gasteiger partial charge in [0.15, 0.2) is 0 Å². The van der Waals surface area contributed by atoms with Crippen LogP contribution in [0.25, 0.3) is 0 Å². The zero-order valence-electron chi connectivity index (χ0n) is 12.4. The molecule has 1 aromatic rings. The van der Waals surface area contributed by atoms with E-state index < -0.39 is 29.4 Å². The molecule has 0 fully saturated rings. The van der Waals surface area contributed by atoms with Crippen LogP contribution in [0, 0.1) is 5.82 Å². The van der Waals surface area contributed by atoms with Crippen molar-refractivity contribution in [2.45, 2.75) is 38.7 Å². The summed E-state index contributed by atoms with van der Waals surface area (Å²) >= 11 is 0. The molecule has 1 rings (SSSR count). The van der Waals surface area contributed by atoms with E-state index in [0.717, 1.165) is 0 Å². The number of carbonyl (C=O) groups is 2. The van der Waals surface area contributed by atoms with Crippen molar-refractivity contribution >= 4 is 12.1 Å². The van der Waals surface area contributed by atoms with Crippen LogP contribution in [0.1, 0.15) is 38.7 Å². The Morgan fingerprint density at radius 1 is 1.38 bits per heavy atom. The third-order valence-corrected chi connectivity index (χ3v) is 2.63. The smallest absolute Gasteiger partial charge is 0.407 e. The minimum atomic E-state index is -1.02. The van der Waals surface area contributed by atoms with Crippen molar-refractivity contribution in [2.75, 3.05) is 6.54 Å².